The van der Waals surface area contributed by atoms with Crippen LogP contribution in [0.1, 0.15) is 0 Å². The molecule has 0 atom stereocenters. The summed E-state index contributed by atoms with van der Waals surface area (Å²) in [6.07, 6.45) is 1.01. The molecule has 0 aliphatic heterocycles. The van der Waals surface area contributed by atoms with E-state index >= 15 is 0 Å². The minimum atomic E-state index is -3.49. The summed E-state index contributed by atoms with van der Waals surface area (Å²) in [6.45, 7) is 0. The van der Waals surface area contributed by atoms with Crippen molar-refractivity contribution in [3.63, 3.8) is 0 Å². The molecule has 0 amide bonds. The maximum Gasteiger partial charge on any atom is 0.293 e. The molecule has 0 aliphatic carbocycles. The van der Waals surface area contributed by atoms with Crippen LogP contribution in [0.25, 0.3) is 0 Å². The second-order valence-corrected chi connectivity index (χ2v) is 7.60. The minimum absolute atomic E-state index is 0.0811. The second-order valence-electron chi connectivity index (χ2n) is 4.34. The Morgan fingerprint density at radius 3 is 2.48 bits per heavy atom. The van der Waals surface area contributed by atoms with Gasteiger partial charge in [-0.15, -0.1) is 0 Å². The smallest absolute Gasteiger partial charge is 0.293 e. The first-order chi connectivity index (χ1) is 9.77. The Bertz CT molecular complexity index is 806. The SMILES string of the molecule is CS(=O)(=O)c1ccc(Nc2cccc(I)c2)c([N+](=O)[O-])c1. The van der Waals surface area contributed by atoms with Gasteiger partial charge in [0.25, 0.3) is 5.69 Å². The van der Waals surface area contributed by atoms with Crippen LogP contribution in [-0.4, -0.2) is 19.6 Å². The Balaban J connectivity index is 2.47. The van der Waals surface area contributed by atoms with Gasteiger partial charge in [-0.2, -0.15) is 0 Å². The molecule has 0 spiro atoms. The Labute approximate surface area is 135 Å². The number of nitrogens with one attached hydrogen (secondary N) is 1. The van der Waals surface area contributed by atoms with Gasteiger partial charge in [-0.05, 0) is 52.9 Å². The van der Waals surface area contributed by atoms with E-state index in [9.17, 15) is 18.5 Å². The van der Waals surface area contributed by atoms with E-state index in [4.69, 9.17) is 0 Å². The predicted molar refractivity (Wildman–Crippen MR) is 88.6 cm³/mol. The summed E-state index contributed by atoms with van der Waals surface area (Å²) in [5.74, 6) is 0. The molecule has 1 N–H and O–H groups in total. The van der Waals surface area contributed by atoms with Crippen molar-refractivity contribution in [2.45, 2.75) is 4.90 Å². The number of benzene rings is 2. The lowest BCUT2D eigenvalue weighted by atomic mass is 10.2. The molecule has 0 aliphatic rings. The number of rotatable bonds is 4. The Morgan fingerprint density at radius 2 is 1.90 bits per heavy atom. The second kappa shape index (κ2) is 5.98. The third-order valence-corrected chi connectivity index (χ3v) is 4.48. The van der Waals surface area contributed by atoms with Crippen LogP contribution in [0.15, 0.2) is 47.4 Å². The van der Waals surface area contributed by atoms with E-state index < -0.39 is 14.8 Å². The maximum atomic E-state index is 11.5. The molecule has 0 saturated heterocycles. The van der Waals surface area contributed by atoms with Gasteiger partial charge in [-0.25, -0.2) is 8.42 Å². The quantitative estimate of drug-likeness (QED) is 0.468. The summed E-state index contributed by atoms with van der Waals surface area (Å²) < 4.78 is 23.9. The van der Waals surface area contributed by atoms with Gasteiger partial charge < -0.3 is 5.32 Å². The van der Waals surface area contributed by atoms with Crippen LogP contribution >= 0.6 is 22.6 Å². The molecule has 0 heterocycles. The van der Waals surface area contributed by atoms with Crippen molar-refractivity contribution in [2.75, 3.05) is 11.6 Å². The number of halogens is 1. The van der Waals surface area contributed by atoms with Crippen LogP contribution < -0.4 is 5.32 Å². The van der Waals surface area contributed by atoms with Crippen molar-refractivity contribution >= 4 is 49.5 Å². The molecular formula is C13H11IN2O4S. The lowest BCUT2D eigenvalue weighted by Crippen LogP contribution is -2.02. The van der Waals surface area contributed by atoms with Gasteiger partial charge in [0.15, 0.2) is 9.84 Å². The van der Waals surface area contributed by atoms with Crippen LogP contribution in [-0.2, 0) is 9.84 Å². The molecule has 0 aromatic heterocycles. The van der Waals surface area contributed by atoms with Crippen LogP contribution in [0.2, 0.25) is 0 Å². The summed E-state index contributed by atoms with van der Waals surface area (Å²) in [5, 5.41) is 14.1. The molecule has 21 heavy (non-hydrogen) atoms. The molecule has 0 radical (unpaired) electrons. The van der Waals surface area contributed by atoms with Crippen molar-refractivity contribution in [1.82, 2.24) is 0 Å². The van der Waals surface area contributed by atoms with E-state index in [1.807, 2.05) is 18.2 Å². The number of anilines is 2. The maximum absolute atomic E-state index is 11.5. The predicted octanol–water partition coefficient (Wildman–Crippen LogP) is 3.35. The zero-order valence-corrected chi connectivity index (χ0v) is 13.9. The first-order valence-corrected chi connectivity index (χ1v) is 8.75. The average Bonchev–Trinajstić information content (AvgIpc) is 2.37. The topological polar surface area (TPSA) is 89.3 Å². The number of sulfone groups is 1. The molecule has 2 rings (SSSR count). The van der Waals surface area contributed by atoms with Gasteiger partial charge in [0.05, 0.1) is 9.82 Å². The number of nitro groups is 1. The van der Waals surface area contributed by atoms with E-state index in [0.29, 0.717) is 5.69 Å². The zero-order valence-electron chi connectivity index (χ0n) is 10.9. The molecule has 0 saturated carbocycles. The molecule has 8 heteroatoms. The Kier molecular flexibility index (Phi) is 4.47. The van der Waals surface area contributed by atoms with Gasteiger partial charge in [0.2, 0.25) is 0 Å². The normalized spacial score (nSPS) is 11.1. The van der Waals surface area contributed by atoms with Gasteiger partial charge in [-0.3, -0.25) is 10.1 Å². The molecule has 2 aromatic rings. The highest BCUT2D eigenvalue weighted by atomic mass is 127. The van der Waals surface area contributed by atoms with E-state index in [2.05, 4.69) is 27.9 Å². The molecule has 0 bridgehead atoms. The van der Waals surface area contributed by atoms with Crippen molar-refractivity contribution in [3.8, 4) is 0 Å². The molecule has 0 fully saturated rings. The highest BCUT2D eigenvalue weighted by Gasteiger charge is 2.18. The third kappa shape index (κ3) is 3.91. The number of hydrogen-bond acceptors (Lipinski definition) is 5. The van der Waals surface area contributed by atoms with E-state index in [1.54, 1.807) is 6.07 Å². The van der Waals surface area contributed by atoms with Crippen LogP contribution in [0.5, 0.6) is 0 Å². The summed E-state index contributed by atoms with van der Waals surface area (Å²) >= 11 is 2.13. The standard InChI is InChI=1S/C13H11IN2O4S/c1-21(19,20)11-5-6-12(13(8-11)16(17)18)15-10-4-2-3-9(14)7-10/h2-8,15H,1H3. The lowest BCUT2D eigenvalue weighted by molar-refractivity contribution is -0.384. The first kappa shape index (κ1) is 15.7. The molecular weight excluding hydrogens is 407 g/mol. The highest BCUT2D eigenvalue weighted by molar-refractivity contribution is 14.1. The van der Waals surface area contributed by atoms with E-state index in [1.165, 1.54) is 12.1 Å². The monoisotopic (exact) mass is 418 g/mol. The molecule has 2 aromatic carbocycles. The summed E-state index contributed by atoms with van der Waals surface area (Å²) in [5.41, 5.74) is 0.656. The first-order valence-electron chi connectivity index (χ1n) is 5.78. The summed E-state index contributed by atoms with van der Waals surface area (Å²) in [4.78, 5) is 10.4. The van der Waals surface area contributed by atoms with E-state index in [0.717, 1.165) is 15.9 Å². The van der Waals surface area contributed by atoms with Gasteiger partial charge in [0.1, 0.15) is 5.69 Å². The van der Waals surface area contributed by atoms with E-state index in [-0.39, 0.29) is 16.3 Å². The summed E-state index contributed by atoms with van der Waals surface area (Å²) in [7, 11) is -3.49. The largest absolute Gasteiger partial charge is 0.350 e. The van der Waals surface area contributed by atoms with Gasteiger partial charge >= 0.3 is 0 Å². The number of hydrogen-bond donors (Lipinski definition) is 1. The van der Waals surface area contributed by atoms with Gasteiger partial charge in [0, 0.05) is 21.6 Å². The average molecular weight is 418 g/mol. The molecule has 0 unspecified atom stereocenters. The zero-order chi connectivity index (χ0) is 15.6. The van der Waals surface area contributed by atoms with Crippen molar-refractivity contribution in [3.05, 3.63) is 56.1 Å². The molecule has 6 nitrogen and oxygen atoms in total. The van der Waals surface area contributed by atoms with Crippen molar-refractivity contribution in [2.24, 2.45) is 0 Å². The van der Waals surface area contributed by atoms with Crippen molar-refractivity contribution in [1.29, 1.82) is 0 Å². The highest BCUT2D eigenvalue weighted by Crippen LogP contribution is 2.30. The van der Waals surface area contributed by atoms with Crippen LogP contribution in [0.4, 0.5) is 17.1 Å². The van der Waals surface area contributed by atoms with Crippen LogP contribution in [0, 0.1) is 13.7 Å². The fourth-order valence-corrected chi connectivity index (χ4v) is 2.90. The minimum Gasteiger partial charge on any atom is -0.350 e. The summed E-state index contributed by atoms with van der Waals surface area (Å²) in [6, 6.07) is 11.1. The fourth-order valence-electron chi connectivity index (χ4n) is 1.72. The fraction of sp³-hybridized carbons (Fsp3) is 0.0769. The molecule has 110 valence electrons. The Hall–Kier alpha value is -1.68. The van der Waals surface area contributed by atoms with Gasteiger partial charge in [-0.1, -0.05) is 6.07 Å². The Morgan fingerprint density at radius 1 is 1.19 bits per heavy atom. The third-order valence-electron chi connectivity index (χ3n) is 2.70. The lowest BCUT2D eigenvalue weighted by Gasteiger charge is -2.08. The number of nitrogens with zero attached hydrogens (tertiary/aromatic N) is 1. The number of nitro benzene ring substituents is 1. The van der Waals surface area contributed by atoms with Crippen molar-refractivity contribution < 1.29 is 13.3 Å². The van der Waals surface area contributed by atoms with Crippen LogP contribution in [0.3, 0.4) is 0 Å².